The maximum Gasteiger partial charge on any atom is 0.336 e. The van der Waals surface area contributed by atoms with E-state index in [4.69, 9.17) is 14.5 Å². The molecule has 1 aliphatic heterocycles. The van der Waals surface area contributed by atoms with Crippen LogP contribution in [0.5, 0.6) is 5.75 Å². The standard InChI is InChI=1S/C30H35NO4/c1-5-16-34-25-14-10-9-13-22(25)27-26(29(33)35-17-15-21-11-7-6-8-12-21)20(2)31-23-18-30(3,4)19-24(32)28(23)27/h6-14,27-28H,5,15-19H2,1-4H3/t27-,28?/m0/s1. The Labute approximate surface area is 208 Å². The Morgan fingerprint density at radius 3 is 2.46 bits per heavy atom. The van der Waals surface area contributed by atoms with Crippen molar-refractivity contribution in [2.45, 2.75) is 59.3 Å². The Kier molecular flexibility index (Phi) is 7.54. The van der Waals surface area contributed by atoms with E-state index in [0.29, 0.717) is 36.5 Å². The van der Waals surface area contributed by atoms with Gasteiger partial charge in [-0.05, 0) is 36.8 Å². The fourth-order valence-electron chi connectivity index (χ4n) is 5.26. The molecule has 0 radical (unpaired) electrons. The van der Waals surface area contributed by atoms with E-state index in [1.165, 1.54) is 0 Å². The highest BCUT2D eigenvalue weighted by atomic mass is 16.5. The van der Waals surface area contributed by atoms with E-state index < -0.39 is 17.8 Å². The number of fused-ring (bicyclic) bond motifs is 1. The molecule has 1 aliphatic carbocycles. The maximum absolute atomic E-state index is 13.5. The molecule has 2 atom stereocenters. The van der Waals surface area contributed by atoms with Crippen LogP contribution in [0.25, 0.3) is 0 Å². The molecule has 0 saturated heterocycles. The van der Waals surface area contributed by atoms with Crippen molar-refractivity contribution in [1.82, 2.24) is 0 Å². The summed E-state index contributed by atoms with van der Waals surface area (Å²) in [7, 11) is 0. The van der Waals surface area contributed by atoms with Crippen LogP contribution in [0, 0.1) is 11.3 Å². The molecule has 0 spiro atoms. The van der Waals surface area contributed by atoms with Crippen molar-refractivity contribution in [2.24, 2.45) is 16.3 Å². The quantitative estimate of drug-likeness (QED) is 0.436. The van der Waals surface area contributed by atoms with E-state index >= 15 is 0 Å². The van der Waals surface area contributed by atoms with Gasteiger partial charge in [-0.2, -0.15) is 0 Å². The van der Waals surface area contributed by atoms with E-state index in [0.717, 1.165) is 29.7 Å². The fraction of sp³-hybridized carbons (Fsp3) is 0.433. The first-order chi connectivity index (χ1) is 16.8. The largest absolute Gasteiger partial charge is 0.493 e. The third-order valence-corrected chi connectivity index (χ3v) is 6.77. The minimum absolute atomic E-state index is 0.123. The van der Waals surface area contributed by atoms with Crippen LogP contribution in [0.1, 0.15) is 64.0 Å². The first-order valence-electron chi connectivity index (χ1n) is 12.5. The van der Waals surface area contributed by atoms with Crippen LogP contribution in [0.2, 0.25) is 0 Å². The van der Waals surface area contributed by atoms with Crippen molar-refractivity contribution in [3.63, 3.8) is 0 Å². The summed E-state index contributed by atoms with van der Waals surface area (Å²) in [6, 6.07) is 17.7. The summed E-state index contributed by atoms with van der Waals surface area (Å²) in [5.74, 6) is -0.523. The molecule has 5 nitrogen and oxygen atoms in total. The van der Waals surface area contributed by atoms with Crippen LogP contribution < -0.4 is 4.74 Å². The van der Waals surface area contributed by atoms with Crippen LogP contribution >= 0.6 is 0 Å². The van der Waals surface area contributed by atoms with Crippen LogP contribution in [-0.4, -0.2) is 30.7 Å². The third-order valence-electron chi connectivity index (χ3n) is 6.77. The molecule has 2 aromatic carbocycles. The number of ketones is 1. The first-order valence-corrected chi connectivity index (χ1v) is 12.5. The normalized spacial score (nSPS) is 21.3. The lowest BCUT2D eigenvalue weighted by Gasteiger charge is -2.41. The van der Waals surface area contributed by atoms with Crippen LogP contribution in [0.3, 0.4) is 0 Å². The Balaban J connectivity index is 1.71. The fourth-order valence-corrected chi connectivity index (χ4v) is 5.26. The molecule has 0 aromatic heterocycles. The highest BCUT2D eigenvalue weighted by Crippen LogP contribution is 2.48. The predicted octanol–water partition coefficient (Wildman–Crippen LogP) is 6.08. The Bertz CT molecular complexity index is 1150. The molecule has 1 unspecified atom stereocenters. The average Bonchev–Trinajstić information content (AvgIpc) is 2.82. The molecule has 35 heavy (non-hydrogen) atoms. The molecule has 2 aromatic rings. The second-order valence-electron chi connectivity index (χ2n) is 10.3. The topological polar surface area (TPSA) is 65.0 Å². The average molecular weight is 474 g/mol. The van der Waals surface area contributed by atoms with Crippen LogP contribution in [-0.2, 0) is 20.7 Å². The molecule has 1 heterocycles. The Morgan fingerprint density at radius 2 is 1.71 bits per heavy atom. The Hall–Kier alpha value is -3.21. The van der Waals surface area contributed by atoms with E-state index in [9.17, 15) is 9.59 Å². The number of para-hydroxylation sites is 1. The van der Waals surface area contributed by atoms with Gasteiger partial charge in [0.25, 0.3) is 0 Å². The van der Waals surface area contributed by atoms with E-state index in [1.54, 1.807) is 0 Å². The molecule has 0 amide bonds. The van der Waals surface area contributed by atoms with Gasteiger partial charge in [-0.25, -0.2) is 4.79 Å². The zero-order chi connectivity index (χ0) is 25.0. The molecule has 2 aliphatic rings. The SMILES string of the molecule is CCCOc1ccccc1[C@H]1C(C(=O)OCCc2ccccc2)=C(C)N=C2CC(C)(C)CC(=O)C21. The van der Waals surface area contributed by atoms with Crippen molar-refractivity contribution in [2.75, 3.05) is 13.2 Å². The first kappa shape index (κ1) is 24.9. The van der Waals surface area contributed by atoms with E-state index in [-0.39, 0.29) is 17.8 Å². The van der Waals surface area contributed by atoms with Gasteiger partial charge < -0.3 is 9.47 Å². The number of nitrogens with zero attached hydrogens (tertiary/aromatic N) is 1. The number of allylic oxidation sites excluding steroid dienone is 1. The van der Waals surface area contributed by atoms with Crippen LogP contribution in [0.15, 0.2) is 70.9 Å². The molecule has 0 bridgehead atoms. The predicted molar refractivity (Wildman–Crippen MR) is 138 cm³/mol. The summed E-state index contributed by atoms with van der Waals surface area (Å²) in [4.78, 5) is 31.9. The van der Waals surface area contributed by atoms with Crippen molar-refractivity contribution in [3.8, 4) is 5.75 Å². The lowest BCUT2D eigenvalue weighted by atomic mass is 9.63. The summed E-state index contributed by atoms with van der Waals surface area (Å²) >= 11 is 0. The maximum atomic E-state index is 13.5. The van der Waals surface area contributed by atoms with Gasteiger partial charge in [-0.15, -0.1) is 0 Å². The zero-order valence-electron chi connectivity index (χ0n) is 21.2. The van der Waals surface area contributed by atoms with Gasteiger partial charge in [-0.1, -0.05) is 69.3 Å². The molecule has 184 valence electrons. The van der Waals surface area contributed by atoms with Crippen molar-refractivity contribution >= 4 is 17.5 Å². The number of esters is 1. The molecular formula is C30H35NO4. The number of carbonyl (C=O) groups is 2. The number of hydrogen-bond acceptors (Lipinski definition) is 5. The number of carbonyl (C=O) groups excluding carboxylic acids is 2. The highest BCUT2D eigenvalue weighted by Gasteiger charge is 2.48. The summed E-state index contributed by atoms with van der Waals surface area (Å²) in [5.41, 5.74) is 3.76. The molecular weight excluding hydrogens is 438 g/mol. The summed E-state index contributed by atoms with van der Waals surface area (Å²) in [5, 5.41) is 0. The highest BCUT2D eigenvalue weighted by molar-refractivity contribution is 6.12. The molecule has 0 N–H and O–H groups in total. The van der Waals surface area contributed by atoms with E-state index in [1.807, 2.05) is 61.5 Å². The summed E-state index contributed by atoms with van der Waals surface area (Å²) in [6.45, 7) is 8.94. The minimum Gasteiger partial charge on any atom is -0.493 e. The number of rotatable bonds is 8. The second kappa shape index (κ2) is 10.6. The van der Waals surface area contributed by atoms with Gasteiger partial charge in [0.1, 0.15) is 11.5 Å². The molecule has 1 saturated carbocycles. The Morgan fingerprint density at radius 1 is 1.00 bits per heavy atom. The van der Waals surface area contributed by atoms with Crippen molar-refractivity contribution in [3.05, 3.63) is 77.0 Å². The van der Waals surface area contributed by atoms with Gasteiger partial charge in [0.15, 0.2) is 0 Å². The number of benzene rings is 2. The smallest absolute Gasteiger partial charge is 0.336 e. The number of aliphatic imine (C=N–C) groups is 1. The van der Waals surface area contributed by atoms with Crippen molar-refractivity contribution < 1.29 is 19.1 Å². The summed E-state index contributed by atoms with van der Waals surface area (Å²) < 4.78 is 11.8. The second-order valence-corrected chi connectivity index (χ2v) is 10.3. The van der Waals surface area contributed by atoms with Gasteiger partial charge >= 0.3 is 5.97 Å². The minimum atomic E-state index is -0.477. The third kappa shape index (κ3) is 5.55. The lowest BCUT2D eigenvalue weighted by Crippen LogP contribution is -2.44. The van der Waals surface area contributed by atoms with E-state index in [2.05, 4.69) is 20.8 Å². The van der Waals surface area contributed by atoms with Gasteiger partial charge in [0.05, 0.1) is 24.7 Å². The lowest BCUT2D eigenvalue weighted by molar-refractivity contribution is -0.139. The van der Waals surface area contributed by atoms with Gasteiger partial charge in [0, 0.05) is 35.7 Å². The van der Waals surface area contributed by atoms with Crippen molar-refractivity contribution in [1.29, 1.82) is 0 Å². The summed E-state index contributed by atoms with van der Waals surface area (Å²) in [6.07, 6.45) is 2.68. The van der Waals surface area contributed by atoms with Gasteiger partial charge in [-0.3, -0.25) is 9.79 Å². The monoisotopic (exact) mass is 473 g/mol. The van der Waals surface area contributed by atoms with Gasteiger partial charge in [0.2, 0.25) is 0 Å². The number of hydrogen-bond donors (Lipinski definition) is 0. The molecule has 1 fully saturated rings. The molecule has 5 heteroatoms. The molecule has 4 rings (SSSR count). The number of ether oxygens (including phenoxy) is 2. The van der Waals surface area contributed by atoms with Crippen LogP contribution in [0.4, 0.5) is 0 Å². The zero-order valence-corrected chi connectivity index (χ0v) is 21.2. The number of Topliss-reactive ketones (excluding diaryl/α,β-unsaturated/α-hetero) is 1.